The van der Waals surface area contributed by atoms with Crippen molar-refractivity contribution in [3.05, 3.63) is 172 Å². The molecule has 0 aliphatic heterocycles. The number of aliphatic hydroxyl groups is 1. The summed E-state index contributed by atoms with van der Waals surface area (Å²) in [5.41, 5.74) is 0. The van der Waals surface area contributed by atoms with Gasteiger partial charge in [0.2, 0.25) is 0 Å². The normalized spacial score (nSPS) is 12.8. The first kappa shape index (κ1) is 48.4. The zero-order valence-electron chi connectivity index (χ0n) is 29.4. The van der Waals surface area contributed by atoms with E-state index >= 15 is 0 Å². The van der Waals surface area contributed by atoms with Crippen molar-refractivity contribution in [1.29, 1.82) is 0 Å². The Bertz CT molecular complexity index is 1670. The first-order valence-electron chi connectivity index (χ1n) is 17.1. The molecule has 6 aromatic carbocycles. The van der Waals surface area contributed by atoms with Crippen LogP contribution in [0.4, 0.5) is 0 Å². The molecule has 0 unspecified atom stereocenters. The van der Waals surface area contributed by atoms with Crippen molar-refractivity contribution in [1.82, 2.24) is 0 Å². The van der Waals surface area contributed by atoms with Crippen LogP contribution in [0.15, 0.2) is 172 Å². The Morgan fingerprint density at radius 3 is 0.636 bits per heavy atom. The van der Waals surface area contributed by atoms with Gasteiger partial charge in [-0.15, -0.1) is 0 Å². The molecule has 13 heteroatoms. The van der Waals surface area contributed by atoms with Gasteiger partial charge in [-0.05, 0) is 117 Å². The molecule has 285 valence electrons. The fourth-order valence-electron chi connectivity index (χ4n) is 6.23. The third-order valence-electron chi connectivity index (χ3n) is 9.15. The molecule has 3 N–H and O–H groups in total. The summed E-state index contributed by atoms with van der Waals surface area (Å²) in [6.45, 7) is 0. The Kier molecular flexibility index (Phi) is 20.3. The van der Waals surface area contributed by atoms with Gasteiger partial charge in [-0.3, -0.25) is 0 Å². The van der Waals surface area contributed by atoms with Gasteiger partial charge in [-0.1, -0.05) is 188 Å². The summed E-state index contributed by atoms with van der Waals surface area (Å²) < 4.78 is 6.02. The molecular formula is C42H38Br6O4Si2V. The Morgan fingerprint density at radius 1 is 0.345 bits per heavy atom. The molecule has 0 spiro atoms. The van der Waals surface area contributed by atoms with E-state index < -0.39 is 16.6 Å². The standard InChI is InChI=1S/2C18H13Br3OSi.C6H12O.O.V/c2*19-13-1-7-16(8-2-13)23(22,17-9-3-14(20)4-10-17)18-11-5-15(21)6-12-18;7-6-4-2-1-3-5-6;;/h2*1-12,22H;6-7H,1-5H2;;/q;;;-2;+2. The van der Waals surface area contributed by atoms with E-state index in [1.807, 2.05) is 146 Å². The topological polar surface area (TPSA) is 89.2 Å². The van der Waals surface area contributed by atoms with E-state index in [-0.39, 0.29) is 30.1 Å². The van der Waals surface area contributed by atoms with Crippen molar-refractivity contribution < 1.29 is 38.7 Å². The van der Waals surface area contributed by atoms with Gasteiger partial charge in [0.05, 0.1) is 6.10 Å². The van der Waals surface area contributed by atoms with Gasteiger partial charge in [0, 0.05) is 26.8 Å². The van der Waals surface area contributed by atoms with E-state index in [4.69, 9.17) is 5.11 Å². The van der Waals surface area contributed by atoms with E-state index in [2.05, 4.69) is 95.6 Å². The smallest absolute Gasteiger partial charge is 2.00 e. The molecule has 4 nitrogen and oxygen atoms in total. The predicted octanol–water partition coefficient (Wildman–Crippen LogP) is 9.06. The van der Waals surface area contributed by atoms with Crippen molar-refractivity contribution in [2.45, 2.75) is 38.2 Å². The number of benzene rings is 6. The van der Waals surface area contributed by atoms with Crippen molar-refractivity contribution in [3.63, 3.8) is 0 Å². The summed E-state index contributed by atoms with van der Waals surface area (Å²) in [5, 5.41) is 14.7. The minimum Gasteiger partial charge on any atom is -2.00 e. The van der Waals surface area contributed by atoms with Gasteiger partial charge >= 0.3 is 18.6 Å². The Morgan fingerprint density at radius 2 is 0.509 bits per heavy atom. The second-order valence-electron chi connectivity index (χ2n) is 12.8. The molecule has 1 radical (unpaired) electrons. The van der Waals surface area contributed by atoms with Crippen molar-refractivity contribution in [3.8, 4) is 0 Å². The van der Waals surface area contributed by atoms with E-state index in [1.165, 1.54) is 19.3 Å². The van der Waals surface area contributed by atoms with Crippen LogP contribution >= 0.6 is 95.6 Å². The summed E-state index contributed by atoms with van der Waals surface area (Å²) in [5.74, 6) is 0. The maximum absolute atomic E-state index is 11.8. The van der Waals surface area contributed by atoms with Gasteiger partial charge in [0.15, 0.2) is 0 Å². The van der Waals surface area contributed by atoms with Gasteiger partial charge in [-0.2, -0.15) is 0 Å². The van der Waals surface area contributed by atoms with Crippen LogP contribution in [0.25, 0.3) is 0 Å². The molecule has 0 heterocycles. The maximum Gasteiger partial charge on any atom is 2.00 e. The summed E-state index contributed by atoms with van der Waals surface area (Å²) in [6, 6.07) is 47.7. The van der Waals surface area contributed by atoms with Crippen LogP contribution < -0.4 is 31.1 Å². The van der Waals surface area contributed by atoms with Crippen LogP contribution in [0.3, 0.4) is 0 Å². The number of rotatable bonds is 6. The second kappa shape index (κ2) is 23.0. The molecule has 0 atom stereocenters. The predicted molar refractivity (Wildman–Crippen MR) is 248 cm³/mol. The first-order valence-corrected chi connectivity index (χ1v) is 25.7. The summed E-state index contributed by atoms with van der Waals surface area (Å²) in [7, 11) is -6.02. The van der Waals surface area contributed by atoms with Gasteiger partial charge in [0.25, 0.3) is 16.6 Å². The molecule has 0 aromatic heterocycles. The van der Waals surface area contributed by atoms with E-state index in [0.717, 1.165) is 70.8 Å². The number of aliphatic hydroxyl groups excluding tert-OH is 1. The van der Waals surface area contributed by atoms with Crippen LogP contribution in [-0.4, -0.2) is 37.4 Å². The minimum atomic E-state index is -3.01. The summed E-state index contributed by atoms with van der Waals surface area (Å²) in [6.07, 6.45) is 5.92. The molecule has 0 bridgehead atoms. The fraction of sp³-hybridized carbons (Fsp3) is 0.143. The SMILES string of the molecule is OC1CCCCC1.O[Si](c1ccc(Br)cc1)(c1ccc(Br)cc1)c1ccc(Br)cc1.O[Si](c1ccc(Br)cc1)(c1ccc(Br)cc1)c1ccc(Br)cc1.[O-2].[V+2]. The third kappa shape index (κ3) is 13.0. The summed E-state index contributed by atoms with van der Waals surface area (Å²) in [4.78, 5) is 23.6. The molecule has 1 fully saturated rings. The quantitative estimate of drug-likeness (QED) is 0.115. The van der Waals surface area contributed by atoms with Crippen LogP contribution in [-0.2, 0) is 24.0 Å². The number of hydrogen-bond donors (Lipinski definition) is 3. The van der Waals surface area contributed by atoms with Crippen LogP contribution in [0.5, 0.6) is 0 Å². The Hall–Kier alpha value is -0.942. The molecule has 0 amide bonds. The molecule has 7 rings (SSSR count). The van der Waals surface area contributed by atoms with Gasteiger partial charge in [0.1, 0.15) is 0 Å². The molecule has 1 aliphatic carbocycles. The molecule has 6 aromatic rings. The molecule has 1 saturated carbocycles. The van der Waals surface area contributed by atoms with Crippen LogP contribution in [0.2, 0.25) is 0 Å². The molecule has 55 heavy (non-hydrogen) atoms. The third-order valence-corrected chi connectivity index (χ3v) is 19.3. The average Bonchev–Trinajstić information content (AvgIpc) is 3.17. The Labute approximate surface area is 388 Å². The molecular weight excluding hydrogens is 1150 g/mol. The fourth-order valence-corrected chi connectivity index (χ4v) is 13.7. The zero-order valence-corrected chi connectivity index (χ0v) is 42.3. The molecule has 0 saturated heterocycles. The Balaban J connectivity index is 0.000000243. The largest absolute Gasteiger partial charge is 2.00 e. The number of hydrogen-bond acceptors (Lipinski definition) is 3. The molecule has 1 aliphatic rings. The second-order valence-corrected chi connectivity index (χ2v) is 24.6. The number of halogens is 6. The van der Waals surface area contributed by atoms with Gasteiger partial charge in [-0.25, -0.2) is 0 Å². The maximum atomic E-state index is 11.8. The van der Waals surface area contributed by atoms with E-state index in [1.54, 1.807) is 0 Å². The van der Waals surface area contributed by atoms with Crippen molar-refractivity contribution in [2.24, 2.45) is 0 Å². The summed E-state index contributed by atoms with van der Waals surface area (Å²) >= 11 is 20.8. The van der Waals surface area contributed by atoms with E-state index in [0.29, 0.717) is 0 Å². The minimum absolute atomic E-state index is 0. The van der Waals surface area contributed by atoms with Crippen molar-refractivity contribution >= 4 is 143 Å². The van der Waals surface area contributed by atoms with Crippen molar-refractivity contribution in [2.75, 3.05) is 0 Å². The average molecular weight is 1190 g/mol. The van der Waals surface area contributed by atoms with Crippen LogP contribution in [0, 0.1) is 0 Å². The monoisotopic (exact) mass is 1190 g/mol. The zero-order chi connectivity index (χ0) is 38.0. The first-order chi connectivity index (χ1) is 25.4. The van der Waals surface area contributed by atoms with E-state index in [9.17, 15) is 9.59 Å². The van der Waals surface area contributed by atoms with Crippen LogP contribution in [0.1, 0.15) is 32.1 Å². The van der Waals surface area contributed by atoms with Gasteiger partial charge < -0.3 is 20.2 Å².